The summed E-state index contributed by atoms with van der Waals surface area (Å²) in [5, 5.41) is 9.08. The fraction of sp³-hybridized carbons (Fsp3) is 0.0667. The number of esters is 1. The van der Waals surface area contributed by atoms with Gasteiger partial charge in [0.05, 0.1) is 11.1 Å². The molecule has 0 saturated carbocycles. The Labute approximate surface area is 125 Å². The molecular formula is C15H10ClFN2O2. The van der Waals surface area contributed by atoms with Crippen LogP contribution in [0.15, 0.2) is 36.4 Å². The lowest BCUT2D eigenvalue weighted by atomic mass is 10.1. The number of nitrogen functional groups attached to an aromatic ring is 1. The highest BCUT2D eigenvalue weighted by Gasteiger charge is 2.14. The summed E-state index contributed by atoms with van der Waals surface area (Å²) in [6, 6.07) is 10.4. The van der Waals surface area contributed by atoms with Gasteiger partial charge >= 0.3 is 5.97 Å². The molecule has 0 radical (unpaired) electrons. The van der Waals surface area contributed by atoms with E-state index in [2.05, 4.69) is 0 Å². The third kappa shape index (κ3) is 3.30. The summed E-state index contributed by atoms with van der Waals surface area (Å²) >= 11 is 5.78. The molecular weight excluding hydrogens is 295 g/mol. The minimum atomic E-state index is -0.711. The summed E-state index contributed by atoms with van der Waals surface area (Å²) in [5.74, 6) is -1.41. The average molecular weight is 305 g/mol. The predicted octanol–water partition coefficient (Wildman–Crippen LogP) is 3.29. The highest BCUT2D eigenvalue weighted by atomic mass is 35.5. The van der Waals surface area contributed by atoms with Gasteiger partial charge in [-0.1, -0.05) is 23.7 Å². The Morgan fingerprint density at radius 3 is 2.86 bits per heavy atom. The lowest BCUT2D eigenvalue weighted by Gasteiger charge is -2.08. The SMILES string of the molecule is N#Cc1cccc(COC(=O)c2cc(Cl)ccc2N)c1F. The zero-order valence-corrected chi connectivity index (χ0v) is 11.5. The second kappa shape index (κ2) is 6.25. The standard InChI is InChI=1S/C15H10ClFN2O2/c16-11-4-5-13(19)12(6-11)15(20)21-8-10-3-1-2-9(7-18)14(10)17/h1-6H,8,19H2. The first-order chi connectivity index (χ1) is 10.0. The van der Waals surface area contributed by atoms with Crippen molar-refractivity contribution in [2.45, 2.75) is 6.61 Å². The summed E-state index contributed by atoms with van der Waals surface area (Å²) in [4.78, 5) is 11.9. The third-order valence-electron chi connectivity index (χ3n) is 2.79. The summed E-state index contributed by atoms with van der Waals surface area (Å²) in [6.45, 7) is -0.299. The first kappa shape index (κ1) is 14.8. The van der Waals surface area contributed by atoms with Crippen LogP contribution in [-0.2, 0) is 11.3 Å². The van der Waals surface area contributed by atoms with Crippen LogP contribution in [0, 0.1) is 17.1 Å². The maximum absolute atomic E-state index is 13.8. The lowest BCUT2D eigenvalue weighted by molar-refractivity contribution is 0.0470. The molecule has 2 N–H and O–H groups in total. The van der Waals surface area contributed by atoms with Crippen molar-refractivity contribution in [2.24, 2.45) is 0 Å². The number of carbonyl (C=O) groups is 1. The Morgan fingerprint density at radius 1 is 1.38 bits per heavy atom. The fourth-order valence-corrected chi connectivity index (χ4v) is 1.88. The first-order valence-electron chi connectivity index (χ1n) is 5.92. The molecule has 0 bridgehead atoms. The van der Waals surface area contributed by atoms with Crippen LogP contribution in [0.2, 0.25) is 5.02 Å². The number of hydrogen-bond donors (Lipinski definition) is 1. The zero-order valence-electron chi connectivity index (χ0n) is 10.8. The number of hydrogen-bond acceptors (Lipinski definition) is 4. The van der Waals surface area contributed by atoms with Gasteiger partial charge in [-0.2, -0.15) is 5.26 Å². The molecule has 106 valence electrons. The molecule has 0 spiro atoms. The van der Waals surface area contributed by atoms with Crippen LogP contribution < -0.4 is 5.73 Å². The molecule has 0 aliphatic heterocycles. The molecule has 2 rings (SSSR count). The molecule has 0 aromatic heterocycles. The van der Waals surface area contributed by atoms with Crippen molar-refractivity contribution in [1.29, 1.82) is 5.26 Å². The van der Waals surface area contributed by atoms with Crippen molar-refractivity contribution in [3.8, 4) is 6.07 Å². The summed E-state index contributed by atoms with van der Waals surface area (Å²) < 4.78 is 18.8. The molecule has 0 atom stereocenters. The molecule has 6 heteroatoms. The van der Waals surface area contributed by atoms with Crippen molar-refractivity contribution >= 4 is 23.3 Å². The number of halogens is 2. The van der Waals surface area contributed by atoms with Gasteiger partial charge in [0.2, 0.25) is 0 Å². The van der Waals surface area contributed by atoms with Gasteiger partial charge in [0.1, 0.15) is 18.5 Å². The molecule has 0 unspecified atom stereocenters. The molecule has 0 saturated heterocycles. The summed E-state index contributed by atoms with van der Waals surface area (Å²) in [6.07, 6.45) is 0. The molecule has 2 aromatic carbocycles. The maximum atomic E-state index is 13.8. The predicted molar refractivity (Wildman–Crippen MR) is 76.1 cm³/mol. The Morgan fingerprint density at radius 2 is 2.14 bits per heavy atom. The molecule has 0 aliphatic rings. The second-order valence-corrected chi connectivity index (χ2v) is 4.63. The Bertz CT molecular complexity index is 741. The normalized spacial score (nSPS) is 9.95. The molecule has 0 heterocycles. The average Bonchev–Trinajstić information content (AvgIpc) is 2.48. The molecule has 0 amide bonds. The monoisotopic (exact) mass is 304 g/mol. The van der Waals surface area contributed by atoms with Crippen LogP contribution in [0.3, 0.4) is 0 Å². The van der Waals surface area contributed by atoms with Gasteiger partial charge in [0.15, 0.2) is 0 Å². The number of benzene rings is 2. The summed E-state index contributed by atoms with van der Waals surface area (Å²) in [7, 11) is 0. The Kier molecular flexibility index (Phi) is 4.41. The van der Waals surface area contributed by atoms with Crippen LogP contribution in [0.4, 0.5) is 10.1 Å². The minimum absolute atomic E-state index is 0.106. The Hall–Kier alpha value is -2.58. The van der Waals surface area contributed by atoms with E-state index in [1.807, 2.05) is 0 Å². The number of ether oxygens (including phenoxy) is 1. The van der Waals surface area contributed by atoms with Crippen LogP contribution >= 0.6 is 11.6 Å². The first-order valence-corrected chi connectivity index (χ1v) is 6.30. The Balaban J connectivity index is 2.15. The van der Waals surface area contributed by atoms with Crippen molar-refractivity contribution in [1.82, 2.24) is 0 Å². The maximum Gasteiger partial charge on any atom is 0.340 e. The second-order valence-electron chi connectivity index (χ2n) is 4.20. The zero-order chi connectivity index (χ0) is 15.4. The van der Waals surface area contributed by atoms with Gasteiger partial charge in [-0.25, -0.2) is 9.18 Å². The quantitative estimate of drug-likeness (QED) is 0.697. The summed E-state index contributed by atoms with van der Waals surface area (Å²) in [5.41, 5.74) is 6.00. The van der Waals surface area contributed by atoms with Crippen molar-refractivity contribution < 1.29 is 13.9 Å². The topological polar surface area (TPSA) is 76.1 Å². The van der Waals surface area contributed by atoms with E-state index in [1.165, 1.54) is 30.3 Å². The number of rotatable bonds is 3. The van der Waals surface area contributed by atoms with Crippen molar-refractivity contribution in [3.05, 3.63) is 63.9 Å². The van der Waals surface area contributed by atoms with Crippen LogP contribution in [0.25, 0.3) is 0 Å². The minimum Gasteiger partial charge on any atom is -0.457 e. The van der Waals surface area contributed by atoms with Gasteiger partial charge in [0.25, 0.3) is 0 Å². The van der Waals surface area contributed by atoms with Gasteiger partial charge in [-0.15, -0.1) is 0 Å². The smallest absolute Gasteiger partial charge is 0.340 e. The van der Waals surface area contributed by atoms with E-state index < -0.39 is 11.8 Å². The van der Waals surface area contributed by atoms with E-state index in [9.17, 15) is 9.18 Å². The largest absolute Gasteiger partial charge is 0.457 e. The highest BCUT2D eigenvalue weighted by molar-refractivity contribution is 6.31. The van der Waals surface area contributed by atoms with Crippen LogP contribution in [-0.4, -0.2) is 5.97 Å². The molecule has 0 aliphatic carbocycles. The van der Waals surface area contributed by atoms with Crippen LogP contribution in [0.1, 0.15) is 21.5 Å². The number of nitrogens with zero attached hydrogens (tertiary/aromatic N) is 1. The van der Waals surface area contributed by atoms with E-state index in [-0.39, 0.29) is 29.0 Å². The fourth-order valence-electron chi connectivity index (χ4n) is 1.70. The van der Waals surface area contributed by atoms with E-state index >= 15 is 0 Å². The van der Waals surface area contributed by atoms with Gasteiger partial charge in [-0.3, -0.25) is 0 Å². The molecule has 0 fully saturated rings. The number of nitriles is 1. The van der Waals surface area contributed by atoms with Gasteiger partial charge < -0.3 is 10.5 Å². The number of anilines is 1. The number of nitrogens with two attached hydrogens (primary N) is 1. The van der Waals surface area contributed by atoms with Gasteiger partial charge in [0, 0.05) is 16.3 Å². The van der Waals surface area contributed by atoms with Gasteiger partial charge in [-0.05, 0) is 24.3 Å². The van der Waals surface area contributed by atoms with E-state index in [0.29, 0.717) is 5.02 Å². The van der Waals surface area contributed by atoms with E-state index in [1.54, 1.807) is 12.1 Å². The molecule has 21 heavy (non-hydrogen) atoms. The van der Waals surface area contributed by atoms with E-state index in [0.717, 1.165) is 0 Å². The van der Waals surface area contributed by atoms with Crippen LogP contribution in [0.5, 0.6) is 0 Å². The molecule has 4 nitrogen and oxygen atoms in total. The third-order valence-corrected chi connectivity index (χ3v) is 3.03. The number of carbonyl (C=O) groups excluding carboxylic acids is 1. The molecule has 2 aromatic rings. The highest BCUT2D eigenvalue weighted by Crippen LogP contribution is 2.20. The van der Waals surface area contributed by atoms with Crippen molar-refractivity contribution in [3.63, 3.8) is 0 Å². The van der Waals surface area contributed by atoms with Crippen molar-refractivity contribution in [2.75, 3.05) is 5.73 Å². The lowest BCUT2D eigenvalue weighted by Crippen LogP contribution is -2.09. The van der Waals surface area contributed by atoms with E-state index in [4.69, 9.17) is 27.3 Å².